The number of carbonyl (C=O) groups excluding carboxylic acids is 1. The zero-order valence-corrected chi connectivity index (χ0v) is 6.33. The molecule has 0 aromatic rings. The first-order valence-electron chi connectivity index (χ1n) is 3.27. The molecule has 0 N–H and O–H groups in total. The van der Waals surface area contributed by atoms with Crippen LogP contribution in [0.15, 0.2) is 24.3 Å². The Morgan fingerprint density at radius 2 is 2.20 bits per heavy atom. The predicted molar refractivity (Wildman–Crippen MR) is 40.6 cm³/mol. The second-order valence-corrected chi connectivity index (χ2v) is 1.64. The van der Waals surface area contributed by atoms with E-state index in [2.05, 4.69) is 4.74 Å². The maximum atomic E-state index is 10.6. The molecule has 0 aromatic heterocycles. The molecule has 0 saturated carbocycles. The first-order valence-corrected chi connectivity index (χ1v) is 3.27. The lowest BCUT2D eigenvalue weighted by atomic mass is 10.4. The molecule has 56 valence electrons. The van der Waals surface area contributed by atoms with Crippen LogP contribution < -0.4 is 0 Å². The van der Waals surface area contributed by atoms with E-state index in [0.29, 0.717) is 6.61 Å². The molecule has 2 nitrogen and oxygen atoms in total. The first-order chi connectivity index (χ1) is 4.81. The Balaban J connectivity index is 3.56. The van der Waals surface area contributed by atoms with Crippen molar-refractivity contribution in [1.29, 1.82) is 0 Å². The first kappa shape index (κ1) is 8.95. The van der Waals surface area contributed by atoms with Crippen LogP contribution in [0, 0.1) is 0 Å². The fourth-order valence-electron chi connectivity index (χ4n) is 0.436. The molecular formula is C8H12O2. The topological polar surface area (TPSA) is 26.3 Å². The van der Waals surface area contributed by atoms with Crippen LogP contribution in [-0.2, 0) is 9.53 Å². The average molecular weight is 140 g/mol. The molecule has 0 spiro atoms. The predicted octanol–water partition coefficient (Wildman–Crippen LogP) is 1.68. The number of allylic oxidation sites excluding steroid dienone is 3. The fourth-order valence-corrected chi connectivity index (χ4v) is 0.436. The molecule has 10 heavy (non-hydrogen) atoms. The molecule has 0 amide bonds. The van der Waals surface area contributed by atoms with Gasteiger partial charge in [-0.15, -0.1) is 0 Å². The summed E-state index contributed by atoms with van der Waals surface area (Å²) in [6.45, 7) is 4.09. The summed E-state index contributed by atoms with van der Waals surface area (Å²) < 4.78 is 4.63. The SMILES string of the molecule is CC=C/C=C/C(=O)OCC. The van der Waals surface area contributed by atoms with E-state index in [0.717, 1.165) is 0 Å². The van der Waals surface area contributed by atoms with Crippen LogP contribution in [0.4, 0.5) is 0 Å². The lowest BCUT2D eigenvalue weighted by Crippen LogP contribution is -1.98. The van der Waals surface area contributed by atoms with Crippen molar-refractivity contribution in [3.05, 3.63) is 24.3 Å². The van der Waals surface area contributed by atoms with Crippen molar-refractivity contribution < 1.29 is 9.53 Å². The van der Waals surface area contributed by atoms with E-state index < -0.39 is 0 Å². The van der Waals surface area contributed by atoms with Gasteiger partial charge >= 0.3 is 5.97 Å². The quantitative estimate of drug-likeness (QED) is 0.338. The van der Waals surface area contributed by atoms with Crippen molar-refractivity contribution in [2.45, 2.75) is 13.8 Å². The molecule has 0 atom stereocenters. The maximum Gasteiger partial charge on any atom is 0.330 e. The molecule has 0 rings (SSSR count). The van der Waals surface area contributed by atoms with E-state index in [4.69, 9.17) is 0 Å². The Bertz CT molecular complexity index is 145. The highest BCUT2D eigenvalue weighted by atomic mass is 16.5. The van der Waals surface area contributed by atoms with Crippen molar-refractivity contribution in [1.82, 2.24) is 0 Å². The van der Waals surface area contributed by atoms with Crippen molar-refractivity contribution in [2.24, 2.45) is 0 Å². The number of carbonyl (C=O) groups is 1. The molecular weight excluding hydrogens is 128 g/mol. The molecule has 0 bridgehead atoms. The number of hydrogen-bond donors (Lipinski definition) is 0. The zero-order valence-electron chi connectivity index (χ0n) is 6.33. The minimum absolute atomic E-state index is 0.291. The summed E-state index contributed by atoms with van der Waals surface area (Å²) in [6.07, 6.45) is 6.66. The Kier molecular flexibility index (Phi) is 5.44. The van der Waals surface area contributed by atoms with E-state index in [1.807, 2.05) is 13.0 Å². The van der Waals surface area contributed by atoms with Gasteiger partial charge in [-0.1, -0.05) is 18.2 Å². The van der Waals surface area contributed by atoms with Gasteiger partial charge in [0.1, 0.15) is 0 Å². The van der Waals surface area contributed by atoms with Crippen LogP contribution in [0.1, 0.15) is 13.8 Å². The van der Waals surface area contributed by atoms with Crippen LogP contribution in [0.5, 0.6) is 0 Å². The van der Waals surface area contributed by atoms with Gasteiger partial charge in [0.15, 0.2) is 0 Å². The number of rotatable bonds is 3. The second kappa shape index (κ2) is 6.08. The van der Waals surface area contributed by atoms with Crippen molar-refractivity contribution in [3.63, 3.8) is 0 Å². The van der Waals surface area contributed by atoms with Gasteiger partial charge in [0, 0.05) is 6.08 Å². The van der Waals surface area contributed by atoms with Gasteiger partial charge in [-0.05, 0) is 13.8 Å². The van der Waals surface area contributed by atoms with Crippen LogP contribution >= 0.6 is 0 Å². The number of hydrogen-bond acceptors (Lipinski definition) is 2. The Morgan fingerprint density at radius 1 is 1.50 bits per heavy atom. The van der Waals surface area contributed by atoms with Crippen molar-refractivity contribution in [3.8, 4) is 0 Å². The highest BCUT2D eigenvalue weighted by molar-refractivity contribution is 5.82. The van der Waals surface area contributed by atoms with Crippen LogP contribution in [0.3, 0.4) is 0 Å². The smallest absolute Gasteiger partial charge is 0.330 e. The molecule has 0 saturated heterocycles. The zero-order chi connectivity index (χ0) is 7.82. The average Bonchev–Trinajstić information content (AvgIpc) is 1.89. The molecule has 0 unspecified atom stereocenters. The van der Waals surface area contributed by atoms with E-state index >= 15 is 0 Å². The Hall–Kier alpha value is -1.05. The molecule has 0 aliphatic carbocycles. The third kappa shape index (κ3) is 5.09. The minimum atomic E-state index is -0.291. The molecule has 0 aliphatic heterocycles. The summed E-state index contributed by atoms with van der Waals surface area (Å²) in [4.78, 5) is 10.6. The number of ether oxygens (including phenoxy) is 1. The highest BCUT2D eigenvalue weighted by Gasteiger charge is 1.89. The third-order valence-corrected chi connectivity index (χ3v) is 0.822. The summed E-state index contributed by atoms with van der Waals surface area (Å²) in [5.41, 5.74) is 0. The van der Waals surface area contributed by atoms with Crippen molar-refractivity contribution in [2.75, 3.05) is 6.61 Å². The van der Waals surface area contributed by atoms with Crippen LogP contribution in [-0.4, -0.2) is 12.6 Å². The standard InChI is InChI=1S/C8H12O2/c1-3-5-6-7-8(9)10-4-2/h3,5-7H,4H2,1-2H3/b5-3?,7-6+. The summed E-state index contributed by atoms with van der Waals surface area (Å²) in [6, 6.07) is 0. The largest absolute Gasteiger partial charge is 0.463 e. The summed E-state index contributed by atoms with van der Waals surface area (Å²) in [5.74, 6) is -0.291. The lowest BCUT2D eigenvalue weighted by Gasteiger charge is -1.92. The molecule has 2 heteroatoms. The Labute approximate surface area is 61.2 Å². The summed E-state index contributed by atoms with van der Waals surface area (Å²) >= 11 is 0. The number of esters is 1. The van der Waals surface area contributed by atoms with Gasteiger partial charge < -0.3 is 4.74 Å². The second-order valence-electron chi connectivity index (χ2n) is 1.64. The van der Waals surface area contributed by atoms with Gasteiger partial charge in [0.05, 0.1) is 6.61 Å². The van der Waals surface area contributed by atoms with Gasteiger partial charge in [-0.25, -0.2) is 4.79 Å². The Morgan fingerprint density at radius 3 is 2.70 bits per heavy atom. The molecule has 0 aliphatic rings. The van der Waals surface area contributed by atoms with Crippen LogP contribution in [0.25, 0.3) is 0 Å². The van der Waals surface area contributed by atoms with E-state index in [1.165, 1.54) is 6.08 Å². The monoisotopic (exact) mass is 140 g/mol. The van der Waals surface area contributed by atoms with Crippen molar-refractivity contribution >= 4 is 5.97 Å². The third-order valence-electron chi connectivity index (χ3n) is 0.822. The van der Waals surface area contributed by atoms with E-state index in [9.17, 15) is 4.79 Å². The lowest BCUT2D eigenvalue weighted by molar-refractivity contribution is -0.137. The normalized spacial score (nSPS) is 11.0. The van der Waals surface area contributed by atoms with E-state index in [1.54, 1.807) is 19.1 Å². The van der Waals surface area contributed by atoms with Gasteiger partial charge in [0.25, 0.3) is 0 Å². The minimum Gasteiger partial charge on any atom is -0.463 e. The summed E-state index contributed by atoms with van der Waals surface area (Å²) in [7, 11) is 0. The van der Waals surface area contributed by atoms with Crippen LogP contribution in [0.2, 0.25) is 0 Å². The van der Waals surface area contributed by atoms with Gasteiger partial charge in [-0.3, -0.25) is 0 Å². The molecule has 0 radical (unpaired) electrons. The molecule has 0 heterocycles. The summed E-state index contributed by atoms with van der Waals surface area (Å²) in [5, 5.41) is 0. The van der Waals surface area contributed by atoms with Gasteiger partial charge in [-0.2, -0.15) is 0 Å². The van der Waals surface area contributed by atoms with Gasteiger partial charge in [0.2, 0.25) is 0 Å². The molecule has 0 fully saturated rings. The molecule has 0 aromatic carbocycles. The van der Waals surface area contributed by atoms with E-state index in [-0.39, 0.29) is 5.97 Å². The highest BCUT2D eigenvalue weighted by Crippen LogP contribution is 1.81. The fraction of sp³-hybridized carbons (Fsp3) is 0.375. The maximum absolute atomic E-state index is 10.6.